The molecule has 144 valence electrons. The molecular formula is C19H23ClN4O2S. The number of aromatic nitrogens is 1. The van der Waals surface area contributed by atoms with Gasteiger partial charge in [-0.25, -0.2) is 4.98 Å². The molecular weight excluding hydrogens is 384 g/mol. The Hall–Kier alpha value is -2.25. The van der Waals surface area contributed by atoms with Crippen molar-refractivity contribution in [1.82, 2.24) is 9.88 Å². The molecule has 1 aliphatic rings. The summed E-state index contributed by atoms with van der Waals surface area (Å²) in [5.74, 6) is 2.20. The van der Waals surface area contributed by atoms with E-state index in [1.54, 1.807) is 26.4 Å². The number of rotatable bonds is 4. The third-order valence-electron chi connectivity index (χ3n) is 4.48. The van der Waals surface area contributed by atoms with Crippen LogP contribution in [-0.2, 0) is 0 Å². The summed E-state index contributed by atoms with van der Waals surface area (Å²) in [6.07, 6.45) is 0. The smallest absolute Gasteiger partial charge is 0.173 e. The average molecular weight is 407 g/mol. The fourth-order valence-corrected chi connectivity index (χ4v) is 3.52. The molecule has 1 aromatic carbocycles. The summed E-state index contributed by atoms with van der Waals surface area (Å²) >= 11 is 11.8. The molecule has 8 heteroatoms. The maximum atomic E-state index is 6.16. The Morgan fingerprint density at radius 1 is 1.11 bits per heavy atom. The number of methoxy groups -OCH3 is 2. The maximum Gasteiger partial charge on any atom is 0.173 e. The number of thiocarbonyl (C=S) groups is 1. The number of pyridine rings is 1. The number of aryl methyl sites for hydroxylation is 1. The lowest BCUT2D eigenvalue weighted by atomic mass is 10.2. The molecule has 0 bridgehead atoms. The topological polar surface area (TPSA) is 49.9 Å². The highest BCUT2D eigenvalue weighted by Crippen LogP contribution is 2.36. The van der Waals surface area contributed by atoms with E-state index < -0.39 is 0 Å². The number of ether oxygens (including phenoxy) is 2. The number of hydrogen-bond donors (Lipinski definition) is 1. The highest BCUT2D eigenvalue weighted by Gasteiger charge is 2.21. The van der Waals surface area contributed by atoms with Crippen LogP contribution in [0, 0.1) is 6.92 Å². The van der Waals surface area contributed by atoms with E-state index in [9.17, 15) is 0 Å². The van der Waals surface area contributed by atoms with Gasteiger partial charge in [-0.1, -0.05) is 17.7 Å². The summed E-state index contributed by atoms with van der Waals surface area (Å²) in [6.45, 7) is 5.36. The van der Waals surface area contributed by atoms with Crippen molar-refractivity contribution in [2.75, 3.05) is 50.6 Å². The van der Waals surface area contributed by atoms with E-state index in [0.29, 0.717) is 21.6 Å². The van der Waals surface area contributed by atoms with Crippen LogP contribution in [0.2, 0.25) is 5.02 Å². The number of piperazine rings is 1. The number of nitrogens with one attached hydrogen (secondary N) is 1. The SMILES string of the molecule is COc1cc(NC(=S)N2CCN(c3cccc(C)n3)CC2)c(OC)cc1Cl. The van der Waals surface area contributed by atoms with Crippen molar-refractivity contribution in [2.45, 2.75) is 6.92 Å². The molecule has 0 atom stereocenters. The largest absolute Gasteiger partial charge is 0.495 e. The van der Waals surface area contributed by atoms with Gasteiger partial charge in [0.1, 0.15) is 17.3 Å². The second-order valence-electron chi connectivity index (χ2n) is 6.23. The first-order chi connectivity index (χ1) is 13.0. The predicted octanol–water partition coefficient (Wildman–Crippen LogP) is 3.58. The van der Waals surface area contributed by atoms with Crippen LogP contribution in [0.5, 0.6) is 11.5 Å². The van der Waals surface area contributed by atoms with Crippen molar-refractivity contribution >= 4 is 40.4 Å². The zero-order valence-electron chi connectivity index (χ0n) is 15.7. The molecule has 2 aromatic rings. The first kappa shape index (κ1) is 19.5. The van der Waals surface area contributed by atoms with Gasteiger partial charge in [0.15, 0.2) is 5.11 Å². The lowest BCUT2D eigenvalue weighted by molar-refractivity contribution is 0.388. The summed E-state index contributed by atoms with van der Waals surface area (Å²) in [5.41, 5.74) is 1.75. The highest BCUT2D eigenvalue weighted by atomic mass is 35.5. The minimum absolute atomic E-state index is 0.491. The van der Waals surface area contributed by atoms with Gasteiger partial charge in [-0.3, -0.25) is 0 Å². The third kappa shape index (κ3) is 4.54. The molecule has 1 aliphatic heterocycles. The normalized spacial score (nSPS) is 14.1. The molecule has 0 spiro atoms. The number of nitrogens with zero attached hydrogens (tertiary/aromatic N) is 3. The van der Waals surface area contributed by atoms with Crippen LogP contribution in [-0.4, -0.2) is 55.4 Å². The van der Waals surface area contributed by atoms with Crippen LogP contribution in [0.25, 0.3) is 0 Å². The van der Waals surface area contributed by atoms with Gasteiger partial charge in [-0.2, -0.15) is 0 Å². The molecule has 0 saturated carbocycles. The molecule has 27 heavy (non-hydrogen) atoms. The Balaban J connectivity index is 1.65. The maximum absolute atomic E-state index is 6.16. The molecule has 1 aromatic heterocycles. The molecule has 1 N–H and O–H groups in total. The lowest BCUT2D eigenvalue weighted by Crippen LogP contribution is -2.50. The highest BCUT2D eigenvalue weighted by molar-refractivity contribution is 7.80. The van der Waals surface area contributed by atoms with Gasteiger partial charge in [0, 0.05) is 44.0 Å². The summed E-state index contributed by atoms with van der Waals surface area (Å²) in [7, 11) is 3.17. The molecule has 1 fully saturated rings. The summed E-state index contributed by atoms with van der Waals surface area (Å²) in [5, 5.41) is 4.39. The van der Waals surface area contributed by atoms with Gasteiger partial charge in [0.05, 0.1) is 24.9 Å². The standard InChI is InChI=1S/C19H23ClN4O2S/c1-13-5-4-6-18(21-13)23-7-9-24(10-8-23)19(27)22-15-12-16(25-2)14(20)11-17(15)26-3/h4-6,11-12H,7-10H2,1-3H3,(H,22,27). The molecule has 6 nitrogen and oxygen atoms in total. The Morgan fingerprint density at radius 2 is 1.81 bits per heavy atom. The van der Waals surface area contributed by atoms with Crippen molar-refractivity contribution < 1.29 is 9.47 Å². The zero-order chi connectivity index (χ0) is 19.4. The van der Waals surface area contributed by atoms with Crippen LogP contribution in [0.1, 0.15) is 5.69 Å². The van der Waals surface area contributed by atoms with Crippen LogP contribution < -0.4 is 19.7 Å². The molecule has 0 radical (unpaired) electrons. The van der Waals surface area contributed by atoms with E-state index in [1.807, 2.05) is 25.1 Å². The molecule has 2 heterocycles. The zero-order valence-corrected chi connectivity index (χ0v) is 17.2. The summed E-state index contributed by atoms with van der Waals surface area (Å²) in [4.78, 5) is 9.02. The quantitative estimate of drug-likeness (QED) is 0.778. The monoisotopic (exact) mass is 406 g/mol. The van der Waals surface area contributed by atoms with Crippen molar-refractivity contribution in [3.63, 3.8) is 0 Å². The minimum Gasteiger partial charge on any atom is -0.495 e. The van der Waals surface area contributed by atoms with Crippen molar-refractivity contribution in [3.8, 4) is 11.5 Å². The third-order valence-corrected chi connectivity index (χ3v) is 5.14. The number of anilines is 2. The van der Waals surface area contributed by atoms with E-state index in [1.165, 1.54) is 0 Å². The van der Waals surface area contributed by atoms with E-state index in [0.717, 1.165) is 43.4 Å². The first-order valence-corrected chi connectivity index (χ1v) is 9.46. The second kappa shape index (κ2) is 8.63. The fourth-order valence-electron chi connectivity index (χ4n) is 3.00. The Kier molecular flexibility index (Phi) is 6.23. The summed E-state index contributed by atoms with van der Waals surface area (Å²) < 4.78 is 10.7. The Morgan fingerprint density at radius 3 is 2.44 bits per heavy atom. The number of halogens is 1. The molecule has 0 unspecified atom stereocenters. The first-order valence-electron chi connectivity index (χ1n) is 8.68. The van der Waals surface area contributed by atoms with Crippen molar-refractivity contribution in [2.24, 2.45) is 0 Å². The average Bonchev–Trinajstić information content (AvgIpc) is 2.69. The van der Waals surface area contributed by atoms with E-state index in [-0.39, 0.29) is 0 Å². The molecule has 0 aliphatic carbocycles. The summed E-state index contributed by atoms with van der Waals surface area (Å²) in [6, 6.07) is 9.60. The van der Waals surface area contributed by atoms with Crippen LogP contribution >= 0.6 is 23.8 Å². The van der Waals surface area contributed by atoms with Gasteiger partial charge in [0.25, 0.3) is 0 Å². The van der Waals surface area contributed by atoms with Crippen LogP contribution in [0.4, 0.5) is 11.5 Å². The number of benzene rings is 1. The Labute approximate surface area is 170 Å². The fraction of sp³-hybridized carbons (Fsp3) is 0.368. The minimum atomic E-state index is 0.491. The second-order valence-corrected chi connectivity index (χ2v) is 7.02. The number of hydrogen-bond acceptors (Lipinski definition) is 5. The molecule has 3 rings (SSSR count). The Bertz CT molecular complexity index is 825. The van der Waals surface area contributed by atoms with Crippen molar-refractivity contribution in [3.05, 3.63) is 41.0 Å². The van der Waals surface area contributed by atoms with Gasteiger partial charge >= 0.3 is 0 Å². The van der Waals surface area contributed by atoms with Gasteiger partial charge < -0.3 is 24.6 Å². The van der Waals surface area contributed by atoms with Gasteiger partial charge in [-0.15, -0.1) is 0 Å². The van der Waals surface area contributed by atoms with Gasteiger partial charge in [0.2, 0.25) is 0 Å². The predicted molar refractivity (Wildman–Crippen MR) is 114 cm³/mol. The van der Waals surface area contributed by atoms with E-state index >= 15 is 0 Å². The molecule has 0 amide bonds. The van der Waals surface area contributed by atoms with Gasteiger partial charge in [-0.05, 0) is 31.3 Å². The van der Waals surface area contributed by atoms with Crippen molar-refractivity contribution in [1.29, 1.82) is 0 Å². The molecule has 1 saturated heterocycles. The van der Waals surface area contributed by atoms with E-state index in [2.05, 4.69) is 20.1 Å². The van der Waals surface area contributed by atoms with Crippen LogP contribution in [0.3, 0.4) is 0 Å². The lowest BCUT2D eigenvalue weighted by Gasteiger charge is -2.37. The van der Waals surface area contributed by atoms with E-state index in [4.69, 9.17) is 33.3 Å². The van der Waals surface area contributed by atoms with Crippen LogP contribution in [0.15, 0.2) is 30.3 Å².